The molecule has 72 valence electrons. The minimum absolute atomic E-state index is 0.0952. The number of aliphatic hydroxyl groups excluding tert-OH is 1. The normalized spacial score (nSPS) is 12.8. The van der Waals surface area contributed by atoms with E-state index < -0.39 is 0 Å². The number of rotatable bonds is 3. The van der Waals surface area contributed by atoms with Crippen LogP contribution in [0.1, 0.15) is 18.0 Å². The van der Waals surface area contributed by atoms with Crippen LogP contribution in [0.5, 0.6) is 0 Å². The summed E-state index contributed by atoms with van der Waals surface area (Å²) < 4.78 is 0.897. The maximum Gasteiger partial charge on any atom is 0.0449 e. The third kappa shape index (κ3) is 2.69. The number of nitrogens with two attached hydrogens (primary N) is 2. The molecule has 1 aromatic carbocycles. The molecule has 0 saturated heterocycles. The van der Waals surface area contributed by atoms with Gasteiger partial charge in [-0.1, -0.05) is 22.0 Å². The van der Waals surface area contributed by atoms with Gasteiger partial charge in [-0.3, -0.25) is 0 Å². The number of halogens is 1. The lowest BCUT2D eigenvalue weighted by molar-refractivity contribution is 0.276. The van der Waals surface area contributed by atoms with Crippen molar-refractivity contribution in [3.8, 4) is 0 Å². The van der Waals surface area contributed by atoms with Gasteiger partial charge in [-0.05, 0) is 24.1 Å². The van der Waals surface area contributed by atoms with Gasteiger partial charge in [0, 0.05) is 22.8 Å². The van der Waals surface area contributed by atoms with Gasteiger partial charge in [0.25, 0.3) is 0 Å². The first-order valence-electron chi connectivity index (χ1n) is 4.06. The summed E-state index contributed by atoms with van der Waals surface area (Å²) in [5, 5.41) is 8.72. The molecule has 1 aromatic rings. The Morgan fingerprint density at radius 3 is 2.69 bits per heavy atom. The summed E-state index contributed by atoms with van der Waals surface area (Å²) in [4.78, 5) is 0. The molecule has 4 heteroatoms. The molecule has 0 aliphatic heterocycles. The zero-order valence-electron chi connectivity index (χ0n) is 7.20. The second kappa shape index (κ2) is 4.60. The Bertz CT molecular complexity index is 291. The number of benzene rings is 1. The molecule has 0 fully saturated rings. The van der Waals surface area contributed by atoms with Crippen molar-refractivity contribution in [2.45, 2.75) is 12.5 Å². The van der Waals surface area contributed by atoms with E-state index in [4.69, 9.17) is 16.6 Å². The van der Waals surface area contributed by atoms with Crippen LogP contribution in [-0.2, 0) is 0 Å². The lowest BCUT2D eigenvalue weighted by Gasteiger charge is -2.12. The largest absolute Gasteiger partial charge is 0.399 e. The highest BCUT2D eigenvalue weighted by Crippen LogP contribution is 2.25. The lowest BCUT2D eigenvalue weighted by Crippen LogP contribution is -2.12. The molecule has 0 amide bonds. The molecular formula is C9H13BrN2O. The topological polar surface area (TPSA) is 72.3 Å². The van der Waals surface area contributed by atoms with Crippen molar-refractivity contribution in [3.63, 3.8) is 0 Å². The third-order valence-electron chi connectivity index (χ3n) is 1.86. The monoisotopic (exact) mass is 244 g/mol. The van der Waals surface area contributed by atoms with Crippen LogP contribution < -0.4 is 11.5 Å². The van der Waals surface area contributed by atoms with Crippen LogP contribution in [0.3, 0.4) is 0 Å². The lowest BCUT2D eigenvalue weighted by atomic mass is 10.1. The van der Waals surface area contributed by atoms with E-state index in [0.717, 1.165) is 10.0 Å². The van der Waals surface area contributed by atoms with Crippen LogP contribution >= 0.6 is 15.9 Å². The van der Waals surface area contributed by atoms with E-state index in [1.807, 2.05) is 12.1 Å². The van der Waals surface area contributed by atoms with Gasteiger partial charge in [0.2, 0.25) is 0 Å². The quantitative estimate of drug-likeness (QED) is 0.705. The van der Waals surface area contributed by atoms with E-state index in [0.29, 0.717) is 12.1 Å². The van der Waals surface area contributed by atoms with Crippen LogP contribution in [-0.4, -0.2) is 11.7 Å². The molecule has 1 atom stereocenters. The maximum absolute atomic E-state index is 8.72. The number of hydrogen-bond donors (Lipinski definition) is 3. The Labute approximate surface area is 85.9 Å². The molecule has 0 aromatic heterocycles. The van der Waals surface area contributed by atoms with Crippen LogP contribution in [0.15, 0.2) is 22.7 Å². The number of anilines is 1. The molecule has 1 unspecified atom stereocenters. The van der Waals surface area contributed by atoms with E-state index in [1.165, 1.54) is 0 Å². The first kappa shape index (κ1) is 10.5. The predicted octanol–water partition coefficient (Wildman–Crippen LogP) is 1.41. The molecule has 0 heterocycles. The van der Waals surface area contributed by atoms with Gasteiger partial charge in [-0.15, -0.1) is 0 Å². The fourth-order valence-corrected chi connectivity index (χ4v) is 1.83. The Hall–Kier alpha value is -0.580. The summed E-state index contributed by atoms with van der Waals surface area (Å²) >= 11 is 3.38. The Morgan fingerprint density at radius 2 is 2.15 bits per heavy atom. The highest BCUT2D eigenvalue weighted by Gasteiger charge is 2.08. The smallest absolute Gasteiger partial charge is 0.0449 e. The summed E-state index contributed by atoms with van der Waals surface area (Å²) in [5.74, 6) is 0. The van der Waals surface area contributed by atoms with E-state index in [9.17, 15) is 0 Å². The molecule has 0 radical (unpaired) electrons. The molecule has 0 aliphatic rings. The zero-order chi connectivity index (χ0) is 9.84. The van der Waals surface area contributed by atoms with Crippen LogP contribution in [0.25, 0.3) is 0 Å². The molecule has 13 heavy (non-hydrogen) atoms. The molecular weight excluding hydrogens is 232 g/mol. The first-order chi connectivity index (χ1) is 6.15. The molecule has 0 aliphatic carbocycles. The molecule has 5 N–H and O–H groups in total. The number of hydrogen-bond acceptors (Lipinski definition) is 3. The summed E-state index contributed by atoms with van der Waals surface area (Å²) in [5.41, 5.74) is 13.1. The number of nitrogen functional groups attached to an aromatic ring is 1. The highest BCUT2D eigenvalue weighted by atomic mass is 79.9. The fraction of sp³-hybridized carbons (Fsp3) is 0.333. The Balaban J connectivity index is 2.88. The molecule has 1 rings (SSSR count). The van der Waals surface area contributed by atoms with Crippen LogP contribution in [0.4, 0.5) is 5.69 Å². The SMILES string of the molecule is Nc1ccc(C(N)CCO)c(Br)c1. The van der Waals surface area contributed by atoms with Crippen molar-refractivity contribution in [3.05, 3.63) is 28.2 Å². The van der Waals surface area contributed by atoms with Gasteiger partial charge in [0.1, 0.15) is 0 Å². The van der Waals surface area contributed by atoms with Crippen LogP contribution in [0, 0.1) is 0 Å². The van der Waals surface area contributed by atoms with Gasteiger partial charge >= 0.3 is 0 Å². The summed E-state index contributed by atoms with van der Waals surface area (Å²) in [7, 11) is 0. The van der Waals surface area contributed by atoms with Crippen molar-refractivity contribution in [1.29, 1.82) is 0 Å². The fourth-order valence-electron chi connectivity index (χ4n) is 1.14. The molecule has 0 spiro atoms. The average Bonchev–Trinajstić information content (AvgIpc) is 2.04. The van der Waals surface area contributed by atoms with Crippen molar-refractivity contribution in [2.75, 3.05) is 12.3 Å². The molecule has 3 nitrogen and oxygen atoms in total. The van der Waals surface area contributed by atoms with E-state index in [-0.39, 0.29) is 12.6 Å². The van der Waals surface area contributed by atoms with Gasteiger partial charge in [0.05, 0.1) is 0 Å². The Kier molecular flexibility index (Phi) is 3.71. The first-order valence-corrected chi connectivity index (χ1v) is 4.86. The van der Waals surface area contributed by atoms with Crippen molar-refractivity contribution < 1.29 is 5.11 Å². The second-order valence-corrected chi connectivity index (χ2v) is 3.75. The van der Waals surface area contributed by atoms with E-state index in [1.54, 1.807) is 6.07 Å². The Morgan fingerprint density at radius 1 is 1.46 bits per heavy atom. The van der Waals surface area contributed by atoms with Gasteiger partial charge in [-0.2, -0.15) is 0 Å². The summed E-state index contributed by atoms with van der Waals surface area (Å²) in [6.45, 7) is 0.0952. The highest BCUT2D eigenvalue weighted by molar-refractivity contribution is 9.10. The average molecular weight is 245 g/mol. The van der Waals surface area contributed by atoms with Gasteiger partial charge in [-0.25, -0.2) is 0 Å². The standard InChI is InChI=1S/C9H13BrN2O/c10-8-5-6(11)1-2-7(8)9(12)3-4-13/h1-2,5,9,13H,3-4,11-12H2. The molecule has 0 bridgehead atoms. The van der Waals surface area contributed by atoms with E-state index in [2.05, 4.69) is 15.9 Å². The minimum Gasteiger partial charge on any atom is -0.399 e. The van der Waals surface area contributed by atoms with Gasteiger partial charge in [0.15, 0.2) is 0 Å². The number of aliphatic hydroxyl groups is 1. The van der Waals surface area contributed by atoms with Crippen LogP contribution in [0.2, 0.25) is 0 Å². The van der Waals surface area contributed by atoms with Gasteiger partial charge < -0.3 is 16.6 Å². The van der Waals surface area contributed by atoms with Crippen molar-refractivity contribution in [2.24, 2.45) is 5.73 Å². The zero-order valence-corrected chi connectivity index (χ0v) is 8.79. The third-order valence-corrected chi connectivity index (χ3v) is 2.55. The molecule has 0 saturated carbocycles. The van der Waals surface area contributed by atoms with Crippen molar-refractivity contribution in [1.82, 2.24) is 0 Å². The minimum atomic E-state index is -0.139. The summed E-state index contributed by atoms with van der Waals surface area (Å²) in [6.07, 6.45) is 0.558. The summed E-state index contributed by atoms with van der Waals surface area (Å²) in [6, 6.07) is 5.35. The maximum atomic E-state index is 8.72. The predicted molar refractivity (Wildman–Crippen MR) is 57.2 cm³/mol. The van der Waals surface area contributed by atoms with Crippen molar-refractivity contribution >= 4 is 21.6 Å². The van der Waals surface area contributed by atoms with E-state index >= 15 is 0 Å². The second-order valence-electron chi connectivity index (χ2n) is 2.90.